The van der Waals surface area contributed by atoms with Crippen molar-refractivity contribution >= 4 is 53.4 Å². The van der Waals surface area contributed by atoms with Crippen LogP contribution in [0.15, 0.2) is 156 Å². The Morgan fingerprint density at radius 1 is 0.472 bits per heavy atom. The maximum absolute atomic E-state index is 6.59. The Labute approximate surface area is 310 Å². The van der Waals surface area contributed by atoms with Crippen molar-refractivity contribution < 1.29 is 4.42 Å². The van der Waals surface area contributed by atoms with Gasteiger partial charge in [0.15, 0.2) is 17.5 Å². The predicted molar refractivity (Wildman–Crippen MR) is 219 cm³/mol. The van der Waals surface area contributed by atoms with Gasteiger partial charge in [-0.15, -0.1) is 11.3 Å². The zero-order valence-electron chi connectivity index (χ0n) is 29.1. The van der Waals surface area contributed by atoms with Gasteiger partial charge < -0.3 is 4.42 Å². The van der Waals surface area contributed by atoms with E-state index in [1.165, 1.54) is 42.4 Å². The molecule has 3 heterocycles. The van der Waals surface area contributed by atoms with Crippen molar-refractivity contribution in [2.45, 2.75) is 19.3 Å². The highest BCUT2D eigenvalue weighted by molar-refractivity contribution is 7.25. The molecule has 53 heavy (non-hydrogen) atoms. The largest absolute Gasteiger partial charge is 0.455 e. The fraction of sp³-hybridized carbons (Fsp3) is 0.0625. The average molecular weight is 698 g/mol. The summed E-state index contributed by atoms with van der Waals surface area (Å²) >= 11 is 1.80. The number of rotatable bonds is 4. The van der Waals surface area contributed by atoms with Crippen molar-refractivity contribution in [1.29, 1.82) is 0 Å². The molecule has 10 aromatic rings. The van der Waals surface area contributed by atoms with Crippen molar-refractivity contribution in [2.24, 2.45) is 0 Å². The van der Waals surface area contributed by atoms with Gasteiger partial charge in [0, 0.05) is 58.6 Å². The molecule has 0 aliphatic heterocycles. The molecule has 7 aromatic carbocycles. The predicted octanol–water partition coefficient (Wildman–Crippen LogP) is 13.1. The van der Waals surface area contributed by atoms with Crippen molar-refractivity contribution in [1.82, 2.24) is 15.0 Å². The van der Waals surface area contributed by atoms with E-state index in [0.717, 1.165) is 49.8 Å². The first-order valence-electron chi connectivity index (χ1n) is 17.9. The van der Waals surface area contributed by atoms with E-state index >= 15 is 0 Å². The van der Waals surface area contributed by atoms with Crippen molar-refractivity contribution in [3.05, 3.63) is 163 Å². The van der Waals surface area contributed by atoms with E-state index in [1.807, 2.05) is 24.3 Å². The molecule has 0 amide bonds. The standard InChI is InChI=1S/C48H31N3OS/c1-48(2)37-24-22-30(27-36(37)43-38(48)25-23-33-32-16-6-8-19-39(32)52-44(33)43)29-14-10-15-31(26-29)46-49-45(28-12-4-3-5-13-28)50-47(51-46)35-18-11-21-41-42(35)34-17-7-9-20-40(34)53-41/h3-27H,1-2H3. The van der Waals surface area contributed by atoms with Crippen molar-refractivity contribution in [2.75, 3.05) is 0 Å². The third-order valence-corrected chi connectivity index (χ3v) is 12.1. The summed E-state index contributed by atoms with van der Waals surface area (Å²) in [4.78, 5) is 15.4. The van der Waals surface area contributed by atoms with Gasteiger partial charge in [-0.25, -0.2) is 15.0 Å². The molecule has 250 valence electrons. The molecule has 0 spiro atoms. The Hall–Kier alpha value is -6.43. The lowest BCUT2D eigenvalue weighted by Crippen LogP contribution is -2.14. The summed E-state index contributed by atoms with van der Waals surface area (Å²) in [6, 6.07) is 53.5. The summed E-state index contributed by atoms with van der Waals surface area (Å²) in [5, 5.41) is 4.70. The second-order valence-corrected chi connectivity index (χ2v) is 15.5. The van der Waals surface area contributed by atoms with Crippen LogP contribution < -0.4 is 0 Å². The summed E-state index contributed by atoms with van der Waals surface area (Å²) in [6.45, 7) is 4.63. The van der Waals surface area contributed by atoms with Gasteiger partial charge in [0.05, 0.1) is 0 Å². The summed E-state index contributed by atoms with van der Waals surface area (Å²) in [5.41, 5.74) is 11.9. The van der Waals surface area contributed by atoms with E-state index in [4.69, 9.17) is 19.4 Å². The van der Waals surface area contributed by atoms with Crippen LogP contribution in [0.25, 0.3) is 98.5 Å². The zero-order valence-corrected chi connectivity index (χ0v) is 29.9. The second kappa shape index (κ2) is 11.3. The molecule has 0 radical (unpaired) electrons. The number of aromatic nitrogens is 3. The summed E-state index contributed by atoms with van der Waals surface area (Å²) < 4.78 is 9.06. The summed E-state index contributed by atoms with van der Waals surface area (Å²) in [6.07, 6.45) is 0. The maximum atomic E-state index is 6.59. The van der Waals surface area contributed by atoms with Gasteiger partial charge in [-0.2, -0.15) is 0 Å². The highest BCUT2D eigenvalue weighted by atomic mass is 32.1. The van der Waals surface area contributed by atoms with Crippen LogP contribution >= 0.6 is 11.3 Å². The van der Waals surface area contributed by atoms with Crippen molar-refractivity contribution in [3.63, 3.8) is 0 Å². The van der Waals surface area contributed by atoms with Gasteiger partial charge in [0.25, 0.3) is 0 Å². The molecule has 4 nitrogen and oxygen atoms in total. The third-order valence-electron chi connectivity index (χ3n) is 10.9. The van der Waals surface area contributed by atoms with Gasteiger partial charge >= 0.3 is 0 Å². The lowest BCUT2D eigenvalue weighted by atomic mass is 9.82. The number of para-hydroxylation sites is 1. The normalized spacial score (nSPS) is 13.2. The Kier molecular flexibility index (Phi) is 6.43. The SMILES string of the molecule is CC1(C)c2ccc(-c3cccc(-c4nc(-c5ccccc5)nc(-c5cccc6sc7ccccc7c56)n4)c3)cc2-c2c1ccc1c2oc2ccccc21. The quantitative estimate of drug-likeness (QED) is 0.184. The van der Waals surface area contributed by atoms with Gasteiger partial charge in [0.2, 0.25) is 0 Å². The van der Waals surface area contributed by atoms with Crippen LogP contribution in [-0.4, -0.2) is 15.0 Å². The smallest absolute Gasteiger partial charge is 0.164 e. The number of fused-ring (bicyclic) bond motifs is 10. The fourth-order valence-electron chi connectivity index (χ4n) is 8.34. The molecule has 5 heteroatoms. The molecule has 1 aliphatic carbocycles. The van der Waals surface area contributed by atoms with Gasteiger partial charge in [0.1, 0.15) is 11.2 Å². The minimum atomic E-state index is -0.149. The maximum Gasteiger partial charge on any atom is 0.164 e. The molecule has 0 fully saturated rings. The monoisotopic (exact) mass is 697 g/mol. The van der Waals surface area contributed by atoms with E-state index in [1.54, 1.807) is 11.3 Å². The Morgan fingerprint density at radius 3 is 2.02 bits per heavy atom. The Morgan fingerprint density at radius 2 is 1.13 bits per heavy atom. The van der Waals surface area contributed by atoms with E-state index < -0.39 is 0 Å². The minimum absolute atomic E-state index is 0.149. The average Bonchev–Trinajstić information content (AvgIpc) is 3.85. The zero-order chi connectivity index (χ0) is 35.3. The molecule has 11 rings (SSSR count). The third kappa shape index (κ3) is 4.57. The lowest BCUT2D eigenvalue weighted by molar-refractivity contribution is 0.653. The van der Waals surface area contributed by atoms with E-state index in [2.05, 4.69) is 141 Å². The van der Waals surface area contributed by atoms with Crippen LogP contribution in [0.3, 0.4) is 0 Å². The molecule has 0 N–H and O–H groups in total. The van der Waals surface area contributed by atoms with Crippen molar-refractivity contribution in [3.8, 4) is 56.4 Å². The van der Waals surface area contributed by atoms with Crippen LogP contribution in [0, 0.1) is 0 Å². The first-order chi connectivity index (χ1) is 26.0. The van der Waals surface area contributed by atoms with Gasteiger partial charge in [-0.05, 0) is 58.1 Å². The highest BCUT2D eigenvalue weighted by Gasteiger charge is 2.38. The van der Waals surface area contributed by atoms with E-state index in [0.29, 0.717) is 17.5 Å². The lowest BCUT2D eigenvalue weighted by Gasteiger charge is -2.21. The summed E-state index contributed by atoms with van der Waals surface area (Å²) in [5.74, 6) is 1.96. The van der Waals surface area contributed by atoms with Crippen LogP contribution in [0.4, 0.5) is 0 Å². The molecule has 0 saturated heterocycles. The molecule has 0 atom stereocenters. The molecular formula is C48H31N3OS. The van der Waals surface area contributed by atoms with Crippen LogP contribution in [0.1, 0.15) is 25.0 Å². The second-order valence-electron chi connectivity index (χ2n) is 14.4. The Balaban J connectivity index is 1.08. The number of furan rings is 1. The molecule has 0 unspecified atom stereocenters. The first-order valence-corrected chi connectivity index (χ1v) is 18.8. The van der Waals surface area contributed by atoms with Crippen LogP contribution in [0.5, 0.6) is 0 Å². The fourth-order valence-corrected chi connectivity index (χ4v) is 9.47. The minimum Gasteiger partial charge on any atom is -0.455 e. The molecule has 3 aromatic heterocycles. The van der Waals surface area contributed by atoms with E-state index in [9.17, 15) is 0 Å². The summed E-state index contributed by atoms with van der Waals surface area (Å²) in [7, 11) is 0. The number of nitrogens with zero attached hydrogens (tertiary/aromatic N) is 3. The van der Waals surface area contributed by atoms with Crippen LogP contribution in [0.2, 0.25) is 0 Å². The molecule has 0 saturated carbocycles. The number of thiophene rings is 1. The molecule has 0 bridgehead atoms. The number of hydrogen-bond donors (Lipinski definition) is 0. The van der Waals surface area contributed by atoms with Gasteiger partial charge in [-0.1, -0.05) is 135 Å². The van der Waals surface area contributed by atoms with Gasteiger partial charge in [-0.3, -0.25) is 0 Å². The first kappa shape index (κ1) is 30.2. The molecule has 1 aliphatic rings. The topological polar surface area (TPSA) is 51.8 Å². The number of hydrogen-bond acceptors (Lipinski definition) is 5. The molecular weight excluding hydrogens is 667 g/mol. The highest BCUT2D eigenvalue weighted by Crippen LogP contribution is 2.53. The van der Waals surface area contributed by atoms with E-state index in [-0.39, 0.29) is 5.41 Å². The van der Waals surface area contributed by atoms with Crippen LogP contribution in [-0.2, 0) is 5.41 Å². The Bertz CT molecular complexity index is 3100. The number of benzene rings is 7.